The second-order valence-corrected chi connectivity index (χ2v) is 12.9. The largest absolute Gasteiger partial charge is 0.334 e. The molecule has 0 saturated heterocycles. The minimum Gasteiger partial charge on any atom is -0.334 e. The number of hydrogen-bond donors (Lipinski definition) is 0. The average molecular weight is 641 g/mol. The Hall–Kier alpha value is -6.38. The summed E-state index contributed by atoms with van der Waals surface area (Å²) in [6.07, 6.45) is 7.95. The van der Waals surface area contributed by atoms with Gasteiger partial charge in [-0.15, -0.1) is 0 Å². The minimum atomic E-state index is 0.179. The van der Waals surface area contributed by atoms with Gasteiger partial charge in [-0.05, 0) is 88.8 Å². The van der Waals surface area contributed by atoms with E-state index in [-0.39, 0.29) is 6.04 Å². The highest BCUT2D eigenvalue weighted by atomic mass is 15.2. The number of anilines is 2. The van der Waals surface area contributed by atoms with E-state index in [1.54, 1.807) is 0 Å². The van der Waals surface area contributed by atoms with E-state index >= 15 is 0 Å². The molecule has 2 heteroatoms. The van der Waals surface area contributed by atoms with Crippen LogP contribution in [0.15, 0.2) is 200 Å². The fourth-order valence-corrected chi connectivity index (χ4v) is 7.54. The number of fused-ring (bicyclic) bond motifs is 3. The van der Waals surface area contributed by atoms with Crippen LogP contribution in [0.25, 0.3) is 55.3 Å². The standard InChI is InChI=1S/C48H36N2/c1-4-15-35(16-5-1)36-27-30-42(31-28-36)49(40-19-6-2-7-20-40)46-25-12-10-23-43(46)39-18-14-17-37(33-39)38-29-32-48-45(34-38)44-24-11-13-26-47(44)50(48)41-21-8-3-9-22-41/h1-30,32-34,42H,31H2. The Bertz CT molecular complexity index is 2510. The van der Waals surface area contributed by atoms with Crippen LogP contribution < -0.4 is 4.90 Å². The zero-order chi connectivity index (χ0) is 33.3. The third kappa shape index (κ3) is 5.41. The van der Waals surface area contributed by atoms with Crippen LogP contribution in [0.2, 0.25) is 0 Å². The van der Waals surface area contributed by atoms with Crippen molar-refractivity contribution in [1.29, 1.82) is 0 Å². The second kappa shape index (κ2) is 12.9. The monoisotopic (exact) mass is 640 g/mol. The molecule has 1 aliphatic rings. The van der Waals surface area contributed by atoms with Crippen molar-refractivity contribution in [2.75, 3.05) is 4.90 Å². The quantitative estimate of drug-likeness (QED) is 0.168. The van der Waals surface area contributed by atoms with Gasteiger partial charge in [-0.1, -0.05) is 146 Å². The van der Waals surface area contributed by atoms with Crippen molar-refractivity contribution in [3.8, 4) is 27.9 Å². The molecule has 1 aromatic heterocycles. The number of hydrogen-bond acceptors (Lipinski definition) is 1. The molecule has 0 saturated carbocycles. The molecule has 0 radical (unpaired) electrons. The first-order valence-corrected chi connectivity index (χ1v) is 17.4. The highest BCUT2D eigenvalue weighted by Crippen LogP contribution is 2.41. The molecule has 9 rings (SSSR count). The second-order valence-electron chi connectivity index (χ2n) is 12.9. The fourth-order valence-electron chi connectivity index (χ4n) is 7.54. The summed E-state index contributed by atoms with van der Waals surface area (Å²) in [5.74, 6) is 0. The SMILES string of the molecule is C1=CC(N(c2ccccc2)c2ccccc2-c2cccc(-c3ccc4c(c3)c3ccccc3n4-c3ccccc3)c2)CC=C1c1ccccc1. The Morgan fingerprint density at radius 2 is 1.12 bits per heavy atom. The van der Waals surface area contributed by atoms with Gasteiger partial charge in [0.25, 0.3) is 0 Å². The van der Waals surface area contributed by atoms with Crippen molar-refractivity contribution in [2.45, 2.75) is 12.5 Å². The lowest BCUT2D eigenvalue weighted by Gasteiger charge is -2.34. The molecule has 7 aromatic carbocycles. The first-order valence-electron chi connectivity index (χ1n) is 17.4. The van der Waals surface area contributed by atoms with Crippen LogP contribution in [-0.2, 0) is 0 Å². The van der Waals surface area contributed by atoms with Gasteiger partial charge < -0.3 is 9.47 Å². The van der Waals surface area contributed by atoms with E-state index in [9.17, 15) is 0 Å². The third-order valence-electron chi connectivity index (χ3n) is 9.91. The van der Waals surface area contributed by atoms with Crippen molar-refractivity contribution in [3.63, 3.8) is 0 Å². The molecule has 0 fully saturated rings. The highest BCUT2D eigenvalue weighted by molar-refractivity contribution is 6.10. The third-order valence-corrected chi connectivity index (χ3v) is 9.91. The molecule has 0 spiro atoms. The number of para-hydroxylation sites is 4. The van der Waals surface area contributed by atoms with Gasteiger partial charge in [0.15, 0.2) is 0 Å². The Kier molecular flexibility index (Phi) is 7.68. The first-order chi connectivity index (χ1) is 24.8. The highest BCUT2D eigenvalue weighted by Gasteiger charge is 2.23. The van der Waals surface area contributed by atoms with E-state index in [1.165, 1.54) is 72.3 Å². The maximum atomic E-state index is 2.50. The van der Waals surface area contributed by atoms with Gasteiger partial charge in [-0.2, -0.15) is 0 Å². The van der Waals surface area contributed by atoms with E-state index in [4.69, 9.17) is 0 Å². The zero-order valence-electron chi connectivity index (χ0n) is 27.7. The summed E-state index contributed by atoms with van der Waals surface area (Å²) in [4.78, 5) is 2.50. The number of rotatable bonds is 7. The van der Waals surface area contributed by atoms with Crippen molar-refractivity contribution >= 4 is 38.8 Å². The molecule has 50 heavy (non-hydrogen) atoms. The Morgan fingerprint density at radius 3 is 1.92 bits per heavy atom. The molecule has 0 N–H and O–H groups in total. The molecule has 1 atom stereocenters. The van der Waals surface area contributed by atoms with Crippen molar-refractivity contribution < 1.29 is 0 Å². The van der Waals surface area contributed by atoms with E-state index in [1.807, 2.05) is 0 Å². The van der Waals surface area contributed by atoms with E-state index in [0.717, 1.165) is 6.42 Å². The molecule has 0 amide bonds. The molecule has 1 aliphatic carbocycles. The lowest BCUT2D eigenvalue weighted by atomic mass is 9.93. The number of aromatic nitrogens is 1. The van der Waals surface area contributed by atoms with Crippen LogP contribution in [0.3, 0.4) is 0 Å². The predicted octanol–water partition coefficient (Wildman–Crippen LogP) is 12.7. The summed E-state index contributed by atoms with van der Waals surface area (Å²) < 4.78 is 2.37. The average Bonchev–Trinajstić information content (AvgIpc) is 3.53. The molecule has 0 aliphatic heterocycles. The smallest absolute Gasteiger partial charge is 0.0560 e. The normalized spacial score (nSPS) is 14.2. The van der Waals surface area contributed by atoms with Crippen LogP contribution in [0.1, 0.15) is 12.0 Å². The van der Waals surface area contributed by atoms with Crippen LogP contribution in [-0.4, -0.2) is 10.6 Å². The zero-order valence-corrected chi connectivity index (χ0v) is 27.7. The van der Waals surface area contributed by atoms with E-state index < -0.39 is 0 Å². The van der Waals surface area contributed by atoms with Gasteiger partial charge >= 0.3 is 0 Å². The fraction of sp³-hybridized carbons (Fsp3) is 0.0417. The molecule has 1 heterocycles. The number of benzene rings is 7. The molecular weight excluding hydrogens is 605 g/mol. The van der Waals surface area contributed by atoms with Gasteiger partial charge in [0.1, 0.15) is 0 Å². The van der Waals surface area contributed by atoms with Crippen LogP contribution >= 0.6 is 0 Å². The molecule has 1 unspecified atom stereocenters. The van der Waals surface area contributed by atoms with Gasteiger partial charge in [-0.3, -0.25) is 0 Å². The molecule has 0 bridgehead atoms. The maximum absolute atomic E-state index is 2.50. The molecular formula is C48H36N2. The minimum absolute atomic E-state index is 0.179. The molecule has 238 valence electrons. The predicted molar refractivity (Wildman–Crippen MR) is 212 cm³/mol. The molecule has 2 nitrogen and oxygen atoms in total. The van der Waals surface area contributed by atoms with Crippen LogP contribution in [0, 0.1) is 0 Å². The summed E-state index contributed by atoms with van der Waals surface area (Å²) in [5, 5.41) is 2.52. The number of allylic oxidation sites excluding steroid dienone is 2. The first kappa shape index (κ1) is 29.7. The van der Waals surface area contributed by atoms with E-state index in [0.29, 0.717) is 0 Å². The summed E-state index contributed by atoms with van der Waals surface area (Å²) in [5.41, 5.74) is 13.4. The molecule has 8 aromatic rings. The Morgan fingerprint density at radius 1 is 0.480 bits per heavy atom. The Labute approximate surface area is 293 Å². The summed E-state index contributed by atoms with van der Waals surface area (Å²) >= 11 is 0. The van der Waals surface area contributed by atoms with Gasteiger partial charge in [0.05, 0.1) is 17.1 Å². The summed E-state index contributed by atoms with van der Waals surface area (Å²) in [6, 6.07) is 65.8. The van der Waals surface area contributed by atoms with Crippen molar-refractivity contribution in [1.82, 2.24) is 4.57 Å². The summed E-state index contributed by atoms with van der Waals surface area (Å²) in [7, 11) is 0. The van der Waals surface area contributed by atoms with Gasteiger partial charge in [0, 0.05) is 33.4 Å². The Balaban J connectivity index is 1.12. The maximum Gasteiger partial charge on any atom is 0.0560 e. The van der Waals surface area contributed by atoms with Crippen molar-refractivity contribution in [2.24, 2.45) is 0 Å². The summed E-state index contributed by atoms with van der Waals surface area (Å²) in [6.45, 7) is 0. The lowest BCUT2D eigenvalue weighted by Crippen LogP contribution is -2.30. The number of nitrogens with zero attached hydrogens (tertiary/aromatic N) is 2. The van der Waals surface area contributed by atoms with Crippen LogP contribution in [0.5, 0.6) is 0 Å². The van der Waals surface area contributed by atoms with Crippen LogP contribution in [0.4, 0.5) is 11.4 Å². The topological polar surface area (TPSA) is 8.17 Å². The van der Waals surface area contributed by atoms with Gasteiger partial charge in [0.2, 0.25) is 0 Å². The van der Waals surface area contributed by atoms with Gasteiger partial charge in [-0.25, -0.2) is 0 Å². The lowest BCUT2D eigenvalue weighted by molar-refractivity contribution is 0.788. The van der Waals surface area contributed by atoms with Crippen molar-refractivity contribution in [3.05, 3.63) is 206 Å². The van der Waals surface area contributed by atoms with E-state index in [2.05, 4.69) is 210 Å².